The number of aldehydes is 1. The fourth-order valence-electron chi connectivity index (χ4n) is 2.96. The molecule has 22 heavy (non-hydrogen) atoms. The fourth-order valence-corrected chi connectivity index (χ4v) is 2.96. The molecular formula is C20H32O2. The number of benzene rings is 1. The second-order valence-electron chi connectivity index (χ2n) is 7.36. The molecule has 1 rings (SSSR count). The van der Waals surface area contributed by atoms with Crippen LogP contribution in [0.25, 0.3) is 0 Å². The van der Waals surface area contributed by atoms with Crippen molar-refractivity contribution in [3.63, 3.8) is 0 Å². The molecule has 0 aliphatic heterocycles. The van der Waals surface area contributed by atoms with Gasteiger partial charge in [-0.15, -0.1) is 0 Å². The molecule has 124 valence electrons. The van der Waals surface area contributed by atoms with Crippen molar-refractivity contribution in [1.29, 1.82) is 0 Å². The van der Waals surface area contributed by atoms with Gasteiger partial charge in [0.05, 0.1) is 5.56 Å². The molecule has 0 saturated heterocycles. The molecule has 0 saturated carbocycles. The molecule has 0 aromatic heterocycles. The Balaban J connectivity index is 3.26. The monoisotopic (exact) mass is 304 g/mol. The number of unbranched alkanes of at least 4 members (excludes halogenated alkanes) is 2. The van der Waals surface area contributed by atoms with Crippen LogP contribution in [0.1, 0.15) is 101 Å². The van der Waals surface area contributed by atoms with Crippen LogP contribution in [0.15, 0.2) is 12.1 Å². The van der Waals surface area contributed by atoms with E-state index in [1.54, 1.807) is 0 Å². The van der Waals surface area contributed by atoms with Gasteiger partial charge in [-0.1, -0.05) is 66.4 Å². The standard InChI is InChI=1S/C20H32O2/c1-6-8-10-15(11-9-7-2)16-12-17(14-21)19(22)18(13-16)20(3,4)5/h12-15,22H,6-11H2,1-5H3. The third-order valence-electron chi connectivity index (χ3n) is 4.38. The molecule has 2 nitrogen and oxygen atoms in total. The molecule has 0 unspecified atom stereocenters. The van der Waals surface area contributed by atoms with Gasteiger partial charge in [0.1, 0.15) is 5.75 Å². The van der Waals surface area contributed by atoms with Crippen LogP contribution in [0.2, 0.25) is 0 Å². The maximum atomic E-state index is 11.3. The van der Waals surface area contributed by atoms with Gasteiger partial charge in [0, 0.05) is 5.56 Å². The molecule has 0 heterocycles. The lowest BCUT2D eigenvalue weighted by atomic mass is 9.80. The first kappa shape index (κ1) is 18.7. The molecule has 0 bridgehead atoms. The molecule has 0 radical (unpaired) electrons. The molecule has 1 aromatic rings. The van der Waals surface area contributed by atoms with E-state index in [2.05, 4.69) is 40.7 Å². The van der Waals surface area contributed by atoms with E-state index in [9.17, 15) is 9.90 Å². The zero-order valence-corrected chi connectivity index (χ0v) is 14.9. The molecule has 0 aliphatic carbocycles. The highest BCUT2D eigenvalue weighted by atomic mass is 16.3. The number of rotatable bonds is 8. The van der Waals surface area contributed by atoms with Gasteiger partial charge in [-0.2, -0.15) is 0 Å². The van der Waals surface area contributed by atoms with Crippen LogP contribution in [0.5, 0.6) is 5.75 Å². The van der Waals surface area contributed by atoms with Gasteiger partial charge in [0.25, 0.3) is 0 Å². The Hall–Kier alpha value is -1.31. The van der Waals surface area contributed by atoms with Crippen molar-refractivity contribution in [2.24, 2.45) is 0 Å². The molecule has 0 spiro atoms. The largest absolute Gasteiger partial charge is 0.507 e. The van der Waals surface area contributed by atoms with Crippen molar-refractivity contribution in [3.8, 4) is 5.75 Å². The van der Waals surface area contributed by atoms with E-state index in [1.165, 1.54) is 31.2 Å². The molecule has 1 aromatic carbocycles. The average Bonchev–Trinajstić information content (AvgIpc) is 2.47. The summed E-state index contributed by atoms with van der Waals surface area (Å²) < 4.78 is 0. The summed E-state index contributed by atoms with van der Waals surface area (Å²) in [4.78, 5) is 11.3. The predicted octanol–water partition coefficient (Wildman–Crippen LogP) is 5.97. The SMILES string of the molecule is CCCCC(CCCC)c1cc(C=O)c(O)c(C(C)(C)C)c1. The van der Waals surface area contributed by atoms with E-state index >= 15 is 0 Å². The Morgan fingerprint density at radius 3 is 2.05 bits per heavy atom. The lowest BCUT2D eigenvalue weighted by Gasteiger charge is -2.25. The smallest absolute Gasteiger partial charge is 0.153 e. The van der Waals surface area contributed by atoms with Crippen LogP contribution in [0.4, 0.5) is 0 Å². The van der Waals surface area contributed by atoms with Gasteiger partial charge in [0.2, 0.25) is 0 Å². The van der Waals surface area contributed by atoms with Crippen molar-refractivity contribution < 1.29 is 9.90 Å². The number of hydrogen-bond donors (Lipinski definition) is 1. The van der Waals surface area contributed by atoms with Gasteiger partial charge in [-0.25, -0.2) is 0 Å². The third-order valence-corrected chi connectivity index (χ3v) is 4.38. The summed E-state index contributed by atoms with van der Waals surface area (Å²) in [5, 5.41) is 10.4. The summed E-state index contributed by atoms with van der Waals surface area (Å²) in [5.41, 5.74) is 2.36. The number of carbonyl (C=O) groups is 1. The lowest BCUT2D eigenvalue weighted by molar-refractivity contribution is 0.112. The number of hydrogen-bond acceptors (Lipinski definition) is 2. The molecule has 0 aliphatic rings. The van der Waals surface area contributed by atoms with E-state index in [1.807, 2.05) is 6.07 Å². The van der Waals surface area contributed by atoms with Gasteiger partial charge < -0.3 is 5.11 Å². The second-order valence-corrected chi connectivity index (χ2v) is 7.36. The van der Waals surface area contributed by atoms with Gasteiger partial charge in [0.15, 0.2) is 6.29 Å². The molecular weight excluding hydrogens is 272 g/mol. The molecule has 1 N–H and O–H groups in total. The van der Waals surface area contributed by atoms with Gasteiger partial charge in [-0.3, -0.25) is 4.79 Å². The quantitative estimate of drug-likeness (QED) is 0.601. The zero-order valence-electron chi connectivity index (χ0n) is 14.9. The van der Waals surface area contributed by atoms with Crippen molar-refractivity contribution in [2.75, 3.05) is 0 Å². The first-order valence-electron chi connectivity index (χ1n) is 8.67. The average molecular weight is 304 g/mol. The Kier molecular flexibility index (Phi) is 7.12. The summed E-state index contributed by atoms with van der Waals surface area (Å²) in [6.07, 6.45) is 7.88. The van der Waals surface area contributed by atoms with Gasteiger partial charge >= 0.3 is 0 Å². The highest BCUT2D eigenvalue weighted by Gasteiger charge is 2.23. The number of phenols is 1. The van der Waals surface area contributed by atoms with Crippen molar-refractivity contribution in [2.45, 2.75) is 84.5 Å². The van der Waals surface area contributed by atoms with E-state index in [-0.39, 0.29) is 11.2 Å². The highest BCUT2D eigenvalue weighted by Crippen LogP contribution is 2.38. The van der Waals surface area contributed by atoms with E-state index in [4.69, 9.17) is 0 Å². The topological polar surface area (TPSA) is 37.3 Å². The summed E-state index contributed by atoms with van der Waals surface area (Å²) in [6.45, 7) is 10.7. The minimum Gasteiger partial charge on any atom is -0.507 e. The molecule has 0 atom stereocenters. The predicted molar refractivity (Wildman–Crippen MR) is 94.0 cm³/mol. The zero-order chi connectivity index (χ0) is 16.8. The maximum Gasteiger partial charge on any atom is 0.153 e. The van der Waals surface area contributed by atoms with Crippen LogP contribution in [-0.2, 0) is 5.41 Å². The van der Waals surface area contributed by atoms with E-state index < -0.39 is 0 Å². The van der Waals surface area contributed by atoms with Crippen LogP contribution in [-0.4, -0.2) is 11.4 Å². The number of carbonyl (C=O) groups excluding carboxylic acids is 1. The molecule has 0 amide bonds. The van der Waals surface area contributed by atoms with Crippen molar-refractivity contribution in [1.82, 2.24) is 0 Å². The minimum absolute atomic E-state index is 0.149. The second kappa shape index (κ2) is 8.36. The Labute approximate surface area is 135 Å². The highest BCUT2D eigenvalue weighted by molar-refractivity contribution is 5.81. The van der Waals surface area contributed by atoms with Crippen LogP contribution in [0, 0.1) is 0 Å². The summed E-state index contributed by atoms with van der Waals surface area (Å²) >= 11 is 0. The van der Waals surface area contributed by atoms with E-state index in [0.29, 0.717) is 11.5 Å². The van der Waals surface area contributed by atoms with Crippen LogP contribution in [0.3, 0.4) is 0 Å². The Morgan fingerprint density at radius 1 is 1.09 bits per heavy atom. The molecule has 2 heteroatoms. The lowest BCUT2D eigenvalue weighted by Crippen LogP contribution is -2.14. The summed E-state index contributed by atoms with van der Waals surface area (Å²) in [6, 6.07) is 4.02. The van der Waals surface area contributed by atoms with Crippen molar-refractivity contribution in [3.05, 3.63) is 28.8 Å². The van der Waals surface area contributed by atoms with Crippen LogP contribution < -0.4 is 0 Å². The fraction of sp³-hybridized carbons (Fsp3) is 0.650. The molecule has 0 fully saturated rings. The maximum absolute atomic E-state index is 11.3. The number of aromatic hydroxyl groups is 1. The van der Waals surface area contributed by atoms with Crippen LogP contribution >= 0.6 is 0 Å². The Bertz CT molecular complexity index is 475. The normalized spacial score (nSPS) is 11.9. The first-order chi connectivity index (χ1) is 10.3. The third kappa shape index (κ3) is 4.86. The van der Waals surface area contributed by atoms with Gasteiger partial charge in [-0.05, 0) is 35.8 Å². The van der Waals surface area contributed by atoms with E-state index in [0.717, 1.165) is 24.7 Å². The first-order valence-corrected chi connectivity index (χ1v) is 8.67. The number of phenolic OH excluding ortho intramolecular Hbond substituents is 1. The minimum atomic E-state index is -0.169. The summed E-state index contributed by atoms with van der Waals surface area (Å²) in [5.74, 6) is 0.635. The Morgan fingerprint density at radius 2 is 1.64 bits per heavy atom. The van der Waals surface area contributed by atoms with Crippen molar-refractivity contribution >= 4 is 6.29 Å². The summed E-state index contributed by atoms with van der Waals surface area (Å²) in [7, 11) is 0.